The zero-order valence-electron chi connectivity index (χ0n) is 20.3. The number of benzene rings is 1. The van der Waals surface area contributed by atoms with Gasteiger partial charge in [-0.05, 0) is 42.0 Å². The van der Waals surface area contributed by atoms with Gasteiger partial charge < -0.3 is 14.9 Å². The molecule has 0 fully saturated rings. The lowest BCUT2D eigenvalue weighted by atomic mass is 10.0. The number of aliphatic hydroxyl groups excluding tert-OH is 2. The van der Waals surface area contributed by atoms with Gasteiger partial charge in [0.25, 0.3) is 0 Å². The largest absolute Gasteiger partial charge is 0.573 e. The van der Waals surface area contributed by atoms with Crippen molar-refractivity contribution in [2.45, 2.75) is 31.9 Å². The molecule has 0 atom stereocenters. The van der Waals surface area contributed by atoms with Gasteiger partial charge >= 0.3 is 18.7 Å². The highest BCUT2D eigenvalue weighted by molar-refractivity contribution is 6.31. The topological polar surface area (TPSA) is 110 Å². The molecule has 5 aromatic rings. The number of pyridine rings is 2. The predicted octanol–water partition coefficient (Wildman–Crippen LogP) is 5.70. The van der Waals surface area contributed by atoms with Crippen LogP contribution in [0.4, 0.5) is 39.5 Å². The Hall–Kier alpha value is -4.16. The molecule has 0 saturated carbocycles. The Morgan fingerprint density at radius 2 is 1.12 bits per heavy atom. The summed E-state index contributed by atoms with van der Waals surface area (Å²) in [6.07, 6.45) is -14.3. The van der Waals surface area contributed by atoms with Crippen molar-refractivity contribution in [3.63, 3.8) is 0 Å². The summed E-state index contributed by atoms with van der Waals surface area (Å²) < 4.78 is 119. The fourth-order valence-corrected chi connectivity index (χ4v) is 4.04. The molecule has 9 nitrogen and oxygen atoms in total. The second-order valence-electron chi connectivity index (χ2n) is 8.14. The van der Waals surface area contributed by atoms with Crippen LogP contribution >= 0.6 is 11.6 Å². The number of aliphatic hydroxyl groups is 2. The van der Waals surface area contributed by atoms with Crippen molar-refractivity contribution in [3.8, 4) is 16.9 Å². The van der Waals surface area contributed by atoms with Gasteiger partial charge in [-0.1, -0.05) is 23.7 Å². The van der Waals surface area contributed by atoms with Gasteiger partial charge in [-0.25, -0.2) is 0 Å². The molecule has 0 amide bonds. The third-order valence-corrected chi connectivity index (χ3v) is 5.83. The monoisotopic (exact) mass is 628 g/mol. The molecule has 0 aliphatic heterocycles. The summed E-state index contributed by atoms with van der Waals surface area (Å²) in [6.45, 7) is -1.40. The normalized spacial score (nSPS) is 12.5. The quantitative estimate of drug-likeness (QED) is 0.246. The van der Waals surface area contributed by atoms with Crippen molar-refractivity contribution in [2.24, 2.45) is 0 Å². The van der Waals surface area contributed by atoms with Crippen LogP contribution in [-0.4, -0.2) is 45.8 Å². The molecule has 0 saturated heterocycles. The van der Waals surface area contributed by atoms with Crippen molar-refractivity contribution < 1.29 is 54.5 Å². The SMILES string of the molecule is OCc1c(-c2ccc(OC(F)(F)F)cc2)ccc2nnc(C(F)(F)F)n12.OCc1c(Cl)ccc2nnc(C(F)(F)F)n12. The van der Waals surface area contributed by atoms with Crippen molar-refractivity contribution in [1.29, 1.82) is 0 Å². The molecule has 0 aliphatic rings. The molecule has 0 spiro atoms. The highest BCUT2D eigenvalue weighted by atomic mass is 35.5. The van der Waals surface area contributed by atoms with Gasteiger partial charge in [0.05, 0.1) is 29.6 Å². The number of halogens is 10. The Morgan fingerprint density at radius 3 is 1.57 bits per heavy atom. The lowest BCUT2D eigenvalue weighted by molar-refractivity contribution is -0.274. The molecule has 4 heterocycles. The van der Waals surface area contributed by atoms with Gasteiger partial charge in [-0.15, -0.1) is 33.6 Å². The molecule has 0 aliphatic carbocycles. The van der Waals surface area contributed by atoms with Gasteiger partial charge in [0.15, 0.2) is 11.3 Å². The summed E-state index contributed by atoms with van der Waals surface area (Å²) in [5.74, 6) is -2.99. The van der Waals surface area contributed by atoms with Gasteiger partial charge in [-0.2, -0.15) is 26.3 Å². The number of ether oxygens (including phenoxy) is 1. The second-order valence-corrected chi connectivity index (χ2v) is 8.55. The minimum atomic E-state index is -4.86. The van der Waals surface area contributed by atoms with Crippen LogP contribution in [0.25, 0.3) is 22.4 Å². The molecule has 1 aromatic carbocycles. The van der Waals surface area contributed by atoms with E-state index in [-0.39, 0.29) is 38.8 Å². The molecule has 224 valence electrons. The predicted molar refractivity (Wildman–Crippen MR) is 125 cm³/mol. The molecule has 0 unspecified atom stereocenters. The number of hydrogen-bond acceptors (Lipinski definition) is 7. The van der Waals surface area contributed by atoms with Crippen molar-refractivity contribution >= 4 is 22.9 Å². The minimum Gasteiger partial charge on any atom is -0.406 e. The second kappa shape index (κ2) is 11.3. The zero-order valence-corrected chi connectivity index (χ0v) is 21.1. The highest BCUT2D eigenvalue weighted by Crippen LogP contribution is 2.34. The van der Waals surface area contributed by atoms with E-state index < -0.39 is 49.3 Å². The molecule has 0 bridgehead atoms. The fraction of sp³-hybridized carbons (Fsp3) is 0.217. The Labute approximate surface area is 232 Å². The minimum absolute atomic E-state index is 0.0132. The molecule has 5 rings (SSSR count). The summed E-state index contributed by atoms with van der Waals surface area (Å²) in [5.41, 5.74) is 0.0971. The molecule has 19 heteroatoms. The molecular formula is C23H14ClF9N6O3. The van der Waals surface area contributed by atoms with E-state index in [0.717, 1.165) is 12.1 Å². The Balaban J connectivity index is 0.000000216. The highest BCUT2D eigenvalue weighted by Gasteiger charge is 2.39. The Kier molecular flexibility index (Phi) is 8.25. The van der Waals surface area contributed by atoms with Crippen LogP contribution in [0.15, 0.2) is 48.5 Å². The number of aromatic nitrogens is 6. The number of fused-ring (bicyclic) bond motifs is 2. The maximum atomic E-state index is 13.1. The van der Waals surface area contributed by atoms with E-state index in [1.807, 2.05) is 0 Å². The molecule has 4 aromatic heterocycles. The third kappa shape index (κ3) is 6.34. The summed E-state index contributed by atoms with van der Waals surface area (Å²) in [6, 6.07) is 9.82. The summed E-state index contributed by atoms with van der Waals surface area (Å²) in [5, 5.41) is 31.5. The van der Waals surface area contributed by atoms with E-state index in [2.05, 4.69) is 25.1 Å². The average molecular weight is 629 g/mol. The molecule has 0 radical (unpaired) electrons. The van der Waals surface area contributed by atoms with E-state index in [1.54, 1.807) is 0 Å². The van der Waals surface area contributed by atoms with E-state index in [0.29, 0.717) is 8.80 Å². The molecule has 42 heavy (non-hydrogen) atoms. The van der Waals surface area contributed by atoms with E-state index in [1.165, 1.54) is 36.4 Å². The van der Waals surface area contributed by atoms with E-state index in [4.69, 9.17) is 16.7 Å². The van der Waals surface area contributed by atoms with Crippen LogP contribution in [0.3, 0.4) is 0 Å². The van der Waals surface area contributed by atoms with Crippen LogP contribution in [0.1, 0.15) is 23.0 Å². The molecule has 2 N–H and O–H groups in total. The van der Waals surface area contributed by atoms with Crippen LogP contribution in [0, 0.1) is 0 Å². The average Bonchev–Trinajstić information content (AvgIpc) is 3.53. The van der Waals surface area contributed by atoms with Gasteiger partial charge in [-0.3, -0.25) is 8.80 Å². The number of rotatable bonds is 4. The van der Waals surface area contributed by atoms with Crippen LogP contribution in [0.2, 0.25) is 5.02 Å². The summed E-state index contributed by atoms with van der Waals surface area (Å²) in [7, 11) is 0. The van der Waals surface area contributed by atoms with Crippen molar-refractivity contribution in [3.05, 3.63) is 76.6 Å². The maximum Gasteiger partial charge on any atom is 0.573 e. The van der Waals surface area contributed by atoms with Crippen LogP contribution in [0.5, 0.6) is 5.75 Å². The van der Waals surface area contributed by atoms with Crippen LogP contribution < -0.4 is 4.74 Å². The standard InChI is InChI=1S/C15H9F6N3O2.C8H5ClF3N3O/c16-14(17,18)13-23-22-12-6-5-10(11(7-25)24(12)13)8-1-3-9(4-2-8)26-15(19,20)21;9-4-1-2-6-13-14-7(8(10,11)12)15(6)5(4)3-16/h1-6,25H,7H2;1-2,16H,3H2. The smallest absolute Gasteiger partial charge is 0.406 e. The summed E-state index contributed by atoms with van der Waals surface area (Å²) >= 11 is 5.68. The van der Waals surface area contributed by atoms with Gasteiger partial charge in [0, 0.05) is 5.56 Å². The first-order valence-electron chi connectivity index (χ1n) is 11.2. The van der Waals surface area contributed by atoms with Gasteiger partial charge in [0.1, 0.15) is 5.75 Å². The lowest BCUT2D eigenvalue weighted by Gasteiger charge is -2.14. The molecular weight excluding hydrogens is 615 g/mol. The number of alkyl halides is 9. The first kappa shape index (κ1) is 30.8. The van der Waals surface area contributed by atoms with E-state index >= 15 is 0 Å². The Morgan fingerprint density at radius 1 is 0.643 bits per heavy atom. The van der Waals surface area contributed by atoms with Crippen molar-refractivity contribution in [1.82, 2.24) is 29.2 Å². The fourth-order valence-electron chi connectivity index (χ4n) is 3.83. The number of hydrogen-bond donors (Lipinski definition) is 2. The van der Waals surface area contributed by atoms with Gasteiger partial charge in [0.2, 0.25) is 11.6 Å². The number of nitrogens with zero attached hydrogens (tertiary/aromatic N) is 6. The Bertz CT molecular complexity index is 1710. The first-order valence-corrected chi connectivity index (χ1v) is 11.5. The van der Waals surface area contributed by atoms with Crippen molar-refractivity contribution in [2.75, 3.05) is 0 Å². The third-order valence-electron chi connectivity index (χ3n) is 5.49. The lowest BCUT2D eigenvalue weighted by Crippen LogP contribution is -2.17. The maximum absolute atomic E-state index is 13.1. The van der Waals surface area contributed by atoms with E-state index in [9.17, 15) is 44.6 Å². The zero-order chi connectivity index (χ0) is 31.0. The van der Waals surface area contributed by atoms with Crippen LogP contribution in [-0.2, 0) is 25.6 Å². The first-order chi connectivity index (χ1) is 19.5. The summed E-state index contributed by atoms with van der Waals surface area (Å²) in [4.78, 5) is 0.